The Morgan fingerprint density at radius 1 is 1.24 bits per heavy atom. The fourth-order valence-corrected chi connectivity index (χ4v) is 2.56. The number of hydrogen-bond donors (Lipinski definition) is 1. The lowest BCUT2D eigenvalue weighted by molar-refractivity contribution is 0.621. The smallest absolute Gasteiger partial charge is 0.137 e. The van der Waals surface area contributed by atoms with E-state index in [4.69, 9.17) is 5.73 Å². The van der Waals surface area contributed by atoms with Crippen molar-refractivity contribution in [2.24, 2.45) is 7.05 Å². The van der Waals surface area contributed by atoms with Crippen LogP contribution in [0.2, 0.25) is 0 Å². The first-order valence-corrected chi connectivity index (χ1v) is 7.05. The quantitative estimate of drug-likeness (QED) is 0.770. The molecule has 0 fully saturated rings. The highest BCUT2D eigenvalue weighted by atomic mass is 79.9. The molecule has 6 heteroatoms. The van der Waals surface area contributed by atoms with Crippen molar-refractivity contribution in [1.29, 1.82) is 0 Å². The number of aromatic nitrogens is 3. The van der Waals surface area contributed by atoms with Gasteiger partial charge < -0.3 is 5.73 Å². The lowest BCUT2D eigenvalue weighted by Gasteiger charge is -2.05. The van der Waals surface area contributed by atoms with Crippen molar-refractivity contribution in [3.63, 3.8) is 0 Å². The molecule has 106 valence electrons. The van der Waals surface area contributed by atoms with Gasteiger partial charge in [-0.05, 0) is 40.2 Å². The van der Waals surface area contributed by atoms with Crippen LogP contribution in [0.1, 0.15) is 0 Å². The van der Waals surface area contributed by atoms with Gasteiger partial charge >= 0.3 is 0 Å². The van der Waals surface area contributed by atoms with Gasteiger partial charge in [-0.3, -0.25) is 9.67 Å². The normalized spacial score (nSPS) is 10.8. The highest BCUT2D eigenvalue weighted by Gasteiger charge is 2.18. The number of nitrogens with two attached hydrogens (primary N) is 1. The highest BCUT2D eigenvalue weighted by molar-refractivity contribution is 9.10. The number of pyridine rings is 1. The molecule has 2 heterocycles. The zero-order chi connectivity index (χ0) is 15.0. The third kappa shape index (κ3) is 2.42. The zero-order valence-corrected chi connectivity index (χ0v) is 12.8. The second kappa shape index (κ2) is 5.29. The summed E-state index contributed by atoms with van der Waals surface area (Å²) in [4.78, 5) is 4.12. The summed E-state index contributed by atoms with van der Waals surface area (Å²) >= 11 is 3.20. The number of anilines is 1. The van der Waals surface area contributed by atoms with Crippen molar-refractivity contribution in [2.75, 3.05) is 5.73 Å². The average Bonchev–Trinajstić information content (AvgIpc) is 2.79. The summed E-state index contributed by atoms with van der Waals surface area (Å²) < 4.78 is 15.4. The Kier molecular flexibility index (Phi) is 3.47. The molecule has 3 rings (SSSR count). The maximum Gasteiger partial charge on any atom is 0.137 e. The first-order chi connectivity index (χ1) is 10.1. The molecule has 0 aliphatic carbocycles. The van der Waals surface area contributed by atoms with Crippen LogP contribution in [0.5, 0.6) is 0 Å². The van der Waals surface area contributed by atoms with E-state index in [0.717, 1.165) is 16.7 Å². The molecule has 2 N–H and O–H groups in total. The van der Waals surface area contributed by atoms with Crippen LogP contribution < -0.4 is 5.73 Å². The molecule has 0 radical (unpaired) electrons. The van der Waals surface area contributed by atoms with E-state index >= 15 is 0 Å². The number of nitrogens with zero attached hydrogens (tertiary/aromatic N) is 3. The van der Waals surface area contributed by atoms with Crippen molar-refractivity contribution in [3.05, 3.63) is 53.0 Å². The minimum atomic E-state index is -0.314. The molecule has 0 saturated carbocycles. The predicted molar refractivity (Wildman–Crippen MR) is 83.9 cm³/mol. The van der Waals surface area contributed by atoms with Gasteiger partial charge in [0.1, 0.15) is 17.3 Å². The minimum Gasteiger partial charge on any atom is -0.383 e. The van der Waals surface area contributed by atoms with E-state index in [2.05, 4.69) is 26.0 Å². The summed E-state index contributed by atoms with van der Waals surface area (Å²) in [6, 6.07) is 8.53. The molecule has 4 nitrogen and oxygen atoms in total. The van der Waals surface area contributed by atoms with Gasteiger partial charge in [-0.2, -0.15) is 5.10 Å². The number of hydrogen-bond acceptors (Lipinski definition) is 3. The predicted octanol–water partition coefficient (Wildman–Crippen LogP) is 3.63. The lowest BCUT2D eigenvalue weighted by atomic mass is 10.0. The molecular weight excluding hydrogens is 335 g/mol. The van der Waals surface area contributed by atoms with E-state index in [1.165, 1.54) is 6.07 Å². The van der Waals surface area contributed by atoms with Crippen LogP contribution in [-0.2, 0) is 7.05 Å². The van der Waals surface area contributed by atoms with Crippen LogP contribution in [-0.4, -0.2) is 14.8 Å². The lowest BCUT2D eigenvalue weighted by Crippen LogP contribution is -1.98. The molecule has 1 aromatic carbocycles. The Balaban J connectivity index is 2.24. The molecule has 0 spiro atoms. The summed E-state index contributed by atoms with van der Waals surface area (Å²) in [6.07, 6.45) is 3.43. The standard InChI is InChI=1S/C15H12BrFN4/c1-21-15(18)13(10-3-2-6-19-8-10)14(20-21)9-4-5-12(17)11(16)7-9/h2-8H,18H2,1H3. The summed E-state index contributed by atoms with van der Waals surface area (Å²) in [6.45, 7) is 0. The molecule has 0 unspecified atom stereocenters. The molecule has 0 bridgehead atoms. The van der Waals surface area contributed by atoms with Gasteiger partial charge in [-0.25, -0.2) is 4.39 Å². The minimum absolute atomic E-state index is 0.314. The SMILES string of the molecule is Cn1nc(-c2ccc(F)c(Br)c2)c(-c2cccnc2)c1N. The number of aryl methyl sites for hydroxylation is 1. The third-order valence-corrected chi connectivity index (χ3v) is 3.84. The summed E-state index contributed by atoms with van der Waals surface area (Å²) in [7, 11) is 1.78. The van der Waals surface area contributed by atoms with E-state index < -0.39 is 0 Å². The van der Waals surface area contributed by atoms with Crippen molar-refractivity contribution in [3.8, 4) is 22.4 Å². The Labute approximate surface area is 129 Å². The Morgan fingerprint density at radius 3 is 2.71 bits per heavy atom. The fraction of sp³-hybridized carbons (Fsp3) is 0.0667. The number of rotatable bonds is 2. The van der Waals surface area contributed by atoms with Gasteiger partial charge in [0, 0.05) is 30.6 Å². The topological polar surface area (TPSA) is 56.7 Å². The van der Waals surface area contributed by atoms with Gasteiger partial charge in [-0.1, -0.05) is 6.07 Å². The second-order valence-electron chi connectivity index (χ2n) is 4.60. The Hall–Kier alpha value is -2.21. The van der Waals surface area contributed by atoms with Crippen LogP contribution in [0.3, 0.4) is 0 Å². The molecule has 3 aromatic rings. The van der Waals surface area contributed by atoms with E-state index in [1.807, 2.05) is 12.1 Å². The average molecular weight is 347 g/mol. The van der Waals surface area contributed by atoms with Crippen LogP contribution in [0.4, 0.5) is 10.2 Å². The van der Waals surface area contributed by atoms with E-state index in [-0.39, 0.29) is 5.82 Å². The summed E-state index contributed by atoms with van der Waals surface area (Å²) in [5.41, 5.74) is 9.28. The van der Waals surface area contributed by atoms with Gasteiger partial charge in [0.25, 0.3) is 0 Å². The highest BCUT2D eigenvalue weighted by Crippen LogP contribution is 2.36. The second-order valence-corrected chi connectivity index (χ2v) is 5.46. The van der Waals surface area contributed by atoms with Gasteiger partial charge in [0.2, 0.25) is 0 Å². The monoisotopic (exact) mass is 346 g/mol. The van der Waals surface area contributed by atoms with Gasteiger partial charge in [-0.15, -0.1) is 0 Å². The molecular formula is C15H12BrFN4. The summed E-state index contributed by atoms with van der Waals surface area (Å²) in [5.74, 6) is 0.226. The fourth-order valence-electron chi connectivity index (χ4n) is 2.18. The maximum absolute atomic E-state index is 13.4. The zero-order valence-electron chi connectivity index (χ0n) is 11.2. The Morgan fingerprint density at radius 2 is 2.05 bits per heavy atom. The van der Waals surface area contributed by atoms with Crippen LogP contribution in [0.15, 0.2) is 47.2 Å². The van der Waals surface area contributed by atoms with Crippen molar-refractivity contribution >= 4 is 21.7 Å². The maximum atomic E-state index is 13.4. The molecule has 0 aliphatic heterocycles. The number of nitrogen functional groups attached to an aromatic ring is 1. The van der Waals surface area contributed by atoms with E-state index in [1.54, 1.807) is 36.3 Å². The Bertz CT molecular complexity index is 799. The van der Waals surface area contributed by atoms with Crippen molar-refractivity contribution < 1.29 is 4.39 Å². The first kappa shape index (κ1) is 13.8. The van der Waals surface area contributed by atoms with Crippen LogP contribution >= 0.6 is 15.9 Å². The van der Waals surface area contributed by atoms with Crippen LogP contribution in [0, 0.1) is 5.82 Å². The molecule has 0 saturated heterocycles. The third-order valence-electron chi connectivity index (χ3n) is 3.23. The van der Waals surface area contributed by atoms with Crippen molar-refractivity contribution in [2.45, 2.75) is 0 Å². The van der Waals surface area contributed by atoms with E-state index in [9.17, 15) is 4.39 Å². The van der Waals surface area contributed by atoms with Crippen LogP contribution in [0.25, 0.3) is 22.4 Å². The van der Waals surface area contributed by atoms with Crippen molar-refractivity contribution in [1.82, 2.24) is 14.8 Å². The number of halogens is 2. The van der Waals surface area contributed by atoms with E-state index in [0.29, 0.717) is 16.0 Å². The largest absolute Gasteiger partial charge is 0.383 e. The molecule has 0 amide bonds. The first-order valence-electron chi connectivity index (χ1n) is 6.26. The molecule has 2 aromatic heterocycles. The molecule has 21 heavy (non-hydrogen) atoms. The molecule has 0 aliphatic rings. The number of benzene rings is 1. The summed E-state index contributed by atoms with van der Waals surface area (Å²) in [5, 5.41) is 4.45. The van der Waals surface area contributed by atoms with Gasteiger partial charge in [0.15, 0.2) is 0 Å². The van der Waals surface area contributed by atoms with Gasteiger partial charge in [0.05, 0.1) is 10.0 Å². The molecule has 0 atom stereocenters.